The average molecular weight is 338 g/mol. The summed E-state index contributed by atoms with van der Waals surface area (Å²) in [6, 6.07) is -0.0570. The molecule has 23 heavy (non-hydrogen) atoms. The zero-order chi connectivity index (χ0) is 16.8. The SMILES string of the molecule is CC(C)c1nc(CCNC(=O)N2CCC[C@@H](CC(N)=O)C2)cs1. The van der Waals surface area contributed by atoms with Crippen LogP contribution in [0.15, 0.2) is 5.38 Å². The number of carbonyl (C=O) groups is 2. The van der Waals surface area contributed by atoms with Gasteiger partial charge in [-0.05, 0) is 18.8 Å². The van der Waals surface area contributed by atoms with Gasteiger partial charge in [-0.15, -0.1) is 11.3 Å². The Morgan fingerprint density at radius 3 is 2.96 bits per heavy atom. The quantitative estimate of drug-likeness (QED) is 0.832. The smallest absolute Gasteiger partial charge is 0.317 e. The summed E-state index contributed by atoms with van der Waals surface area (Å²) < 4.78 is 0. The van der Waals surface area contributed by atoms with Crippen LogP contribution in [-0.4, -0.2) is 41.5 Å². The third-order valence-electron chi connectivity index (χ3n) is 4.02. The Labute approximate surface area is 141 Å². The number of piperidine rings is 1. The molecule has 0 aliphatic carbocycles. The number of likely N-dealkylation sites (tertiary alicyclic amines) is 1. The second kappa shape index (κ2) is 8.29. The van der Waals surface area contributed by atoms with E-state index in [1.54, 1.807) is 16.2 Å². The summed E-state index contributed by atoms with van der Waals surface area (Å²) in [4.78, 5) is 29.6. The summed E-state index contributed by atoms with van der Waals surface area (Å²) in [5.41, 5.74) is 6.28. The molecule has 0 saturated carbocycles. The van der Waals surface area contributed by atoms with Crippen LogP contribution in [-0.2, 0) is 11.2 Å². The van der Waals surface area contributed by atoms with Gasteiger partial charge in [0.2, 0.25) is 5.91 Å². The van der Waals surface area contributed by atoms with Crippen LogP contribution < -0.4 is 11.1 Å². The van der Waals surface area contributed by atoms with E-state index in [-0.39, 0.29) is 17.9 Å². The first kappa shape index (κ1) is 17.7. The number of hydrogen-bond donors (Lipinski definition) is 2. The highest BCUT2D eigenvalue weighted by Crippen LogP contribution is 2.20. The number of urea groups is 1. The summed E-state index contributed by atoms with van der Waals surface area (Å²) in [6.07, 6.45) is 2.99. The molecule has 0 bridgehead atoms. The molecule has 1 atom stereocenters. The van der Waals surface area contributed by atoms with Crippen LogP contribution in [0.5, 0.6) is 0 Å². The first-order valence-electron chi connectivity index (χ1n) is 8.21. The zero-order valence-corrected chi connectivity index (χ0v) is 14.7. The standard InChI is InChI=1S/C16H26N4O2S/c1-11(2)15-19-13(10-23-15)5-6-18-16(22)20-7-3-4-12(9-20)8-14(17)21/h10-12H,3-9H2,1-2H3,(H2,17,21)(H,18,22)/t12-/m0/s1. The molecule has 7 heteroatoms. The third-order valence-corrected chi connectivity index (χ3v) is 5.21. The molecule has 1 aromatic rings. The summed E-state index contributed by atoms with van der Waals surface area (Å²) in [7, 11) is 0. The highest BCUT2D eigenvalue weighted by molar-refractivity contribution is 7.09. The number of carbonyl (C=O) groups excluding carboxylic acids is 2. The van der Waals surface area contributed by atoms with Gasteiger partial charge in [0.05, 0.1) is 10.7 Å². The molecule has 128 valence electrons. The van der Waals surface area contributed by atoms with Gasteiger partial charge in [-0.1, -0.05) is 13.8 Å². The molecular weight excluding hydrogens is 312 g/mol. The van der Waals surface area contributed by atoms with Crippen molar-refractivity contribution >= 4 is 23.3 Å². The van der Waals surface area contributed by atoms with Gasteiger partial charge in [0.25, 0.3) is 0 Å². The number of hydrogen-bond acceptors (Lipinski definition) is 4. The Balaban J connectivity index is 1.74. The van der Waals surface area contributed by atoms with Crippen molar-refractivity contribution in [3.63, 3.8) is 0 Å². The Morgan fingerprint density at radius 2 is 2.30 bits per heavy atom. The van der Waals surface area contributed by atoms with E-state index in [2.05, 4.69) is 29.5 Å². The van der Waals surface area contributed by atoms with Crippen LogP contribution in [0.2, 0.25) is 0 Å². The largest absolute Gasteiger partial charge is 0.370 e. The van der Waals surface area contributed by atoms with Gasteiger partial charge >= 0.3 is 6.03 Å². The van der Waals surface area contributed by atoms with Gasteiger partial charge in [0.1, 0.15) is 0 Å². The second-order valence-corrected chi connectivity index (χ2v) is 7.33. The van der Waals surface area contributed by atoms with Crippen LogP contribution in [0.1, 0.15) is 49.7 Å². The second-order valence-electron chi connectivity index (χ2n) is 6.44. The van der Waals surface area contributed by atoms with E-state index >= 15 is 0 Å². The van der Waals surface area contributed by atoms with Crippen LogP contribution in [0, 0.1) is 5.92 Å². The van der Waals surface area contributed by atoms with Crippen LogP contribution in [0.3, 0.4) is 0 Å². The Morgan fingerprint density at radius 1 is 1.52 bits per heavy atom. The number of rotatable bonds is 6. The number of nitrogens with zero attached hydrogens (tertiary/aromatic N) is 2. The van der Waals surface area contributed by atoms with Crippen molar-refractivity contribution in [3.05, 3.63) is 16.1 Å². The molecule has 1 aliphatic rings. The van der Waals surface area contributed by atoms with Gasteiger partial charge in [-0.2, -0.15) is 0 Å². The molecule has 0 radical (unpaired) electrons. The van der Waals surface area contributed by atoms with Crippen molar-refractivity contribution in [1.82, 2.24) is 15.2 Å². The fourth-order valence-corrected chi connectivity index (χ4v) is 3.68. The van der Waals surface area contributed by atoms with Crippen LogP contribution in [0.25, 0.3) is 0 Å². The highest BCUT2D eigenvalue weighted by atomic mass is 32.1. The summed E-state index contributed by atoms with van der Waals surface area (Å²) in [5, 5.41) is 6.15. The highest BCUT2D eigenvalue weighted by Gasteiger charge is 2.24. The molecule has 1 fully saturated rings. The topological polar surface area (TPSA) is 88.3 Å². The molecule has 1 saturated heterocycles. The van der Waals surface area contributed by atoms with Gasteiger partial charge in [-0.25, -0.2) is 9.78 Å². The Bertz CT molecular complexity index is 544. The molecular formula is C16H26N4O2S. The fraction of sp³-hybridized carbons (Fsp3) is 0.688. The Kier molecular flexibility index (Phi) is 6.38. The van der Waals surface area contributed by atoms with Gasteiger partial charge in [0, 0.05) is 43.8 Å². The molecule has 2 heterocycles. The lowest BCUT2D eigenvalue weighted by Crippen LogP contribution is -2.46. The third kappa shape index (κ3) is 5.49. The first-order chi connectivity index (χ1) is 11.0. The molecule has 2 rings (SSSR count). The maximum absolute atomic E-state index is 12.2. The lowest BCUT2D eigenvalue weighted by Gasteiger charge is -2.32. The average Bonchev–Trinajstić information content (AvgIpc) is 2.96. The molecule has 0 spiro atoms. The molecule has 1 aromatic heterocycles. The van der Waals surface area contributed by atoms with Crippen molar-refractivity contribution in [1.29, 1.82) is 0 Å². The lowest BCUT2D eigenvalue weighted by atomic mass is 9.95. The zero-order valence-electron chi connectivity index (χ0n) is 13.9. The van der Waals surface area contributed by atoms with Gasteiger partial charge < -0.3 is 16.0 Å². The van der Waals surface area contributed by atoms with E-state index < -0.39 is 0 Å². The van der Waals surface area contributed by atoms with Crippen molar-refractivity contribution in [3.8, 4) is 0 Å². The number of amides is 3. The van der Waals surface area contributed by atoms with Crippen molar-refractivity contribution in [2.75, 3.05) is 19.6 Å². The predicted octanol–water partition coefficient (Wildman–Crippen LogP) is 2.11. The molecule has 1 aliphatic heterocycles. The van der Waals surface area contributed by atoms with E-state index in [0.29, 0.717) is 25.4 Å². The number of nitrogens with one attached hydrogen (secondary N) is 1. The van der Waals surface area contributed by atoms with Crippen LogP contribution in [0.4, 0.5) is 4.79 Å². The van der Waals surface area contributed by atoms with Gasteiger partial charge in [0.15, 0.2) is 0 Å². The van der Waals surface area contributed by atoms with Crippen LogP contribution >= 0.6 is 11.3 Å². The molecule has 3 amide bonds. The minimum atomic E-state index is -0.290. The number of primary amides is 1. The van der Waals surface area contributed by atoms with Crippen molar-refractivity contribution < 1.29 is 9.59 Å². The lowest BCUT2D eigenvalue weighted by molar-refractivity contribution is -0.119. The minimum Gasteiger partial charge on any atom is -0.370 e. The normalized spacial score (nSPS) is 18.2. The predicted molar refractivity (Wildman–Crippen MR) is 91.4 cm³/mol. The molecule has 0 unspecified atom stereocenters. The van der Waals surface area contributed by atoms with E-state index in [0.717, 1.165) is 36.5 Å². The van der Waals surface area contributed by atoms with Gasteiger partial charge in [-0.3, -0.25) is 4.79 Å². The maximum atomic E-state index is 12.2. The fourth-order valence-electron chi connectivity index (χ4n) is 2.81. The molecule has 3 N–H and O–H groups in total. The number of aromatic nitrogens is 1. The Hall–Kier alpha value is -1.63. The monoisotopic (exact) mass is 338 g/mol. The van der Waals surface area contributed by atoms with E-state index in [9.17, 15) is 9.59 Å². The van der Waals surface area contributed by atoms with E-state index in [1.165, 1.54) is 0 Å². The number of nitrogens with two attached hydrogens (primary N) is 1. The minimum absolute atomic E-state index is 0.0570. The maximum Gasteiger partial charge on any atom is 0.317 e. The molecule has 6 nitrogen and oxygen atoms in total. The summed E-state index contributed by atoms with van der Waals surface area (Å²) in [6.45, 7) is 6.20. The summed E-state index contributed by atoms with van der Waals surface area (Å²) >= 11 is 1.67. The van der Waals surface area contributed by atoms with E-state index in [4.69, 9.17) is 5.73 Å². The first-order valence-corrected chi connectivity index (χ1v) is 9.09. The summed E-state index contributed by atoms with van der Waals surface area (Å²) in [5.74, 6) is 0.347. The van der Waals surface area contributed by atoms with Crippen molar-refractivity contribution in [2.45, 2.75) is 45.4 Å². The van der Waals surface area contributed by atoms with E-state index in [1.807, 2.05) is 0 Å². The number of thiazole rings is 1. The van der Waals surface area contributed by atoms with Crippen molar-refractivity contribution in [2.24, 2.45) is 11.7 Å². The molecule has 0 aromatic carbocycles.